The summed E-state index contributed by atoms with van der Waals surface area (Å²) in [5, 5.41) is 37.1. The van der Waals surface area contributed by atoms with Gasteiger partial charge in [-0.2, -0.15) is 0 Å². The van der Waals surface area contributed by atoms with Crippen LogP contribution in [0.15, 0.2) is 0 Å². The maximum atomic E-state index is 11.1. The highest BCUT2D eigenvalue weighted by molar-refractivity contribution is 8.00. The molecular weight excluding hydrogens is 328 g/mol. The second-order valence-corrected chi connectivity index (χ2v) is 8.10. The van der Waals surface area contributed by atoms with E-state index in [2.05, 4.69) is 6.92 Å². The number of carbonyl (C=O) groups is 1. The largest absolute Gasteiger partial charge is 0.481 e. The number of hydrogen-bond donors (Lipinski definition) is 4. The van der Waals surface area contributed by atoms with Crippen LogP contribution >= 0.6 is 11.8 Å². The summed E-state index contributed by atoms with van der Waals surface area (Å²) in [5.74, 6) is -0.864. The maximum Gasteiger partial charge on any atom is 0.303 e. The predicted molar refractivity (Wildman–Crippen MR) is 99.1 cm³/mol. The van der Waals surface area contributed by atoms with Crippen LogP contribution in [0, 0.1) is 5.92 Å². The first-order valence-corrected chi connectivity index (χ1v) is 10.2. The van der Waals surface area contributed by atoms with Crippen molar-refractivity contribution >= 4 is 17.7 Å². The lowest BCUT2D eigenvalue weighted by Gasteiger charge is -2.26. The number of aliphatic hydroxyl groups is 3. The number of hydrogen-bond acceptors (Lipinski definition) is 5. The summed E-state index contributed by atoms with van der Waals surface area (Å²) >= 11 is 1.14. The minimum atomic E-state index is -1.19. The second-order valence-electron chi connectivity index (χ2n) is 6.60. The topological polar surface area (TPSA) is 98.0 Å². The van der Waals surface area contributed by atoms with Gasteiger partial charge >= 0.3 is 5.97 Å². The Morgan fingerprint density at radius 1 is 1.00 bits per heavy atom. The standard InChI is InChI=1S/C18H36O5S/c1-3-4-5-6-7-8-9-10-11-15(12-17(21)22)14(2)24-18(23)16(20)13-19/h14-16,18-20,23H,3-13H2,1-2H3,(H,21,22). The van der Waals surface area contributed by atoms with Gasteiger partial charge in [0.05, 0.1) is 6.61 Å². The van der Waals surface area contributed by atoms with E-state index in [1.54, 1.807) is 0 Å². The molecule has 0 bridgehead atoms. The van der Waals surface area contributed by atoms with E-state index >= 15 is 0 Å². The lowest BCUT2D eigenvalue weighted by Crippen LogP contribution is -2.30. The van der Waals surface area contributed by atoms with Gasteiger partial charge in [-0.05, 0) is 12.3 Å². The highest BCUT2D eigenvalue weighted by atomic mass is 32.2. The van der Waals surface area contributed by atoms with E-state index in [9.17, 15) is 15.0 Å². The van der Waals surface area contributed by atoms with Crippen LogP contribution in [-0.4, -0.2) is 49.8 Å². The Kier molecular flexibility index (Phi) is 14.8. The number of carboxylic acid groups (broad SMARTS) is 1. The van der Waals surface area contributed by atoms with Gasteiger partial charge in [0.1, 0.15) is 11.5 Å². The molecule has 0 radical (unpaired) electrons. The molecule has 0 fully saturated rings. The van der Waals surface area contributed by atoms with E-state index in [1.165, 1.54) is 38.5 Å². The fourth-order valence-electron chi connectivity index (χ4n) is 2.78. The summed E-state index contributed by atoms with van der Waals surface area (Å²) in [6, 6.07) is 0. The van der Waals surface area contributed by atoms with Gasteiger partial charge in [-0.1, -0.05) is 65.2 Å². The van der Waals surface area contributed by atoms with Crippen LogP contribution < -0.4 is 0 Å². The molecule has 0 aromatic heterocycles. The van der Waals surface area contributed by atoms with Gasteiger partial charge in [-0.3, -0.25) is 4.79 Å². The number of carboxylic acids is 1. The summed E-state index contributed by atoms with van der Waals surface area (Å²) in [6.07, 6.45) is 9.39. The minimum absolute atomic E-state index is 0.0341. The lowest BCUT2D eigenvalue weighted by molar-refractivity contribution is -0.138. The first-order valence-electron chi connectivity index (χ1n) is 9.26. The van der Waals surface area contributed by atoms with Gasteiger partial charge in [0, 0.05) is 11.7 Å². The molecule has 144 valence electrons. The molecule has 4 unspecified atom stereocenters. The molecule has 6 heteroatoms. The first kappa shape index (κ1) is 23.7. The van der Waals surface area contributed by atoms with E-state index in [1.807, 2.05) is 6.92 Å². The zero-order valence-corrected chi connectivity index (χ0v) is 16.0. The Morgan fingerprint density at radius 3 is 2.04 bits per heavy atom. The molecule has 5 nitrogen and oxygen atoms in total. The Bertz CT molecular complexity index is 314. The zero-order valence-electron chi connectivity index (χ0n) is 15.2. The van der Waals surface area contributed by atoms with E-state index in [-0.39, 0.29) is 17.6 Å². The van der Waals surface area contributed by atoms with Crippen molar-refractivity contribution in [2.24, 2.45) is 5.92 Å². The van der Waals surface area contributed by atoms with Crippen molar-refractivity contribution in [3.63, 3.8) is 0 Å². The Hall–Kier alpha value is -0.300. The van der Waals surface area contributed by atoms with Gasteiger partial charge in [-0.25, -0.2) is 0 Å². The van der Waals surface area contributed by atoms with Crippen LogP contribution in [0.5, 0.6) is 0 Å². The van der Waals surface area contributed by atoms with E-state index < -0.39 is 24.1 Å². The fraction of sp³-hybridized carbons (Fsp3) is 0.944. The number of thioether (sulfide) groups is 1. The van der Waals surface area contributed by atoms with E-state index in [0.29, 0.717) is 0 Å². The SMILES string of the molecule is CCCCCCCCCCC(CC(=O)O)C(C)SC(O)C(O)CO. The highest BCUT2D eigenvalue weighted by Crippen LogP contribution is 2.30. The van der Waals surface area contributed by atoms with Crippen molar-refractivity contribution in [3.05, 3.63) is 0 Å². The van der Waals surface area contributed by atoms with Crippen LogP contribution in [0.3, 0.4) is 0 Å². The molecular formula is C18H36O5S. The smallest absolute Gasteiger partial charge is 0.303 e. The molecule has 4 N–H and O–H groups in total. The average molecular weight is 365 g/mol. The molecule has 0 aromatic rings. The summed E-state index contributed by atoms with van der Waals surface area (Å²) < 4.78 is 0. The van der Waals surface area contributed by atoms with Crippen LogP contribution in [0.2, 0.25) is 0 Å². The maximum absolute atomic E-state index is 11.1. The lowest BCUT2D eigenvalue weighted by atomic mass is 9.94. The van der Waals surface area contributed by atoms with E-state index in [4.69, 9.17) is 10.2 Å². The van der Waals surface area contributed by atoms with Crippen molar-refractivity contribution in [1.82, 2.24) is 0 Å². The fourth-order valence-corrected chi connectivity index (χ4v) is 3.94. The number of aliphatic carboxylic acids is 1. The zero-order chi connectivity index (χ0) is 18.4. The number of unbranched alkanes of at least 4 members (excludes halogenated alkanes) is 7. The molecule has 0 saturated heterocycles. The molecule has 0 saturated carbocycles. The summed E-state index contributed by atoms with van der Waals surface area (Å²) in [4.78, 5) is 11.1. The van der Waals surface area contributed by atoms with E-state index in [0.717, 1.165) is 31.0 Å². The molecule has 4 atom stereocenters. The molecule has 0 rings (SSSR count). The Labute approximate surface area is 150 Å². The Morgan fingerprint density at radius 2 is 1.54 bits per heavy atom. The third kappa shape index (κ3) is 12.1. The van der Waals surface area contributed by atoms with Gasteiger partial charge in [0.25, 0.3) is 0 Å². The molecule has 0 aromatic carbocycles. The number of aliphatic hydroxyl groups excluding tert-OH is 3. The molecule has 24 heavy (non-hydrogen) atoms. The van der Waals surface area contributed by atoms with Gasteiger partial charge in [0.2, 0.25) is 0 Å². The van der Waals surface area contributed by atoms with Gasteiger partial charge < -0.3 is 20.4 Å². The summed E-state index contributed by atoms with van der Waals surface area (Å²) in [6.45, 7) is 3.59. The normalized spacial score (nSPS) is 16.5. The molecule has 0 aliphatic carbocycles. The van der Waals surface area contributed by atoms with Crippen molar-refractivity contribution < 1.29 is 25.2 Å². The molecule has 0 amide bonds. The highest BCUT2D eigenvalue weighted by Gasteiger charge is 2.25. The Balaban J connectivity index is 4.10. The quantitative estimate of drug-likeness (QED) is 0.247. The molecule has 0 heterocycles. The predicted octanol–water partition coefficient (Wildman–Crippen LogP) is 3.40. The molecule has 0 aliphatic heterocycles. The third-order valence-corrected chi connectivity index (χ3v) is 5.81. The van der Waals surface area contributed by atoms with Crippen LogP contribution in [0.4, 0.5) is 0 Å². The summed E-state index contributed by atoms with van der Waals surface area (Å²) in [5.41, 5.74) is -1.08. The molecule has 0 spiro atoms. The number of rotatable bonds is 16. The van der Waals surface area contributed by atoms with Crippen LogP contribution in [0.1, 0.15) is 78.1 Å². The summed E-state index contributed by atoms with van der Waals surface area (Å²) in [7, 11) is 0. The van der Waals surface area contributed by atoms with Crippen molar-refractivity contribution in [2.75, 3.05) is 6.61 Å². The van der Waals surface area contributed by atoms with Crippen molar-refractivity contribution in [2.45, 2.75) is 94.8 Å². The van der Waals surface area contributed by atoms with Crippen molar-refractivity contribution in [3.8, 4) is 0 Å². The monoisotopic (exact) mass is 364 g/mol. The van der Waals surface area contributed by atoms with Crippen molar-refractivity contribution in [1.29, 1.82) is 0 Å². The van der Waals surface area contributed by atoms with Crippen LogP contribution in [0.25, 0.3) is 0 Å². The third-order valence-electron chi connectivity index (χ3n) is 4.40. The first-order chi connectivity index (χ1) is 11.4. The van der Waals surface area contributed by atoms with Gasteiger partial charge in [-0.15, -0.1) is 11.8 Å². The van der Waals surface area contributed by atoms with Gasteiger partial charge in [0.15, 0.2) is 0 Å². The molecule has 0 aliphatic rings. The minimum Gasteiger partial charge on any atom is -0.481 e. The van der Waals surface area contributed by atoms with Crippen LogP contribution in [-0.2, 0) is 4.79 Å². The second kappa shape index (κ2) is 15.0. The average Bonchev–Trinajstić information content (AvgIpc) is 2.54.